The van der Waals surface area contributed by atoms with Gasteiger partial charge in [0.25, 0.3) is 0 Å². The van der Waals surface area contributed by atoms with Crippen molar-refractivity contribution in [3.8, 4) is 5.88 Å². The molecule has 0 aliphatic heterocycles. The van der Waals surface area contributed by atoms with Gasteiger partial charge in [-0.05, 0) is 24.3 Å². The second-order valence-electron chi connectivity index (χ2n) is 4.09. The van der Waals surface area contributed by atoms with Gasteiger partial charge < -0.3 is 9.64 Å². The van der Waals surface area contributed by atoms with Crippen LogP contribution in [0.15, 0.2) is 46.6 Å². The molecule has 0 saturated carbocycles. The van der Waals surface area contributed by atoms with Gasteiger partial charge >= 0.3 is 5.88 Å². The summed E-state index contributed by atoms with van der Waals surface area (Å²) in [5, 5.41) is 14.9. The highest BCUT2D eigenvalue weighted by molar-refractivity contribution is 5.51. The van der Waals surface area contributed by atoms with E-state index in [2.05, 4.69) is 20.4 Å². The monoisotopic (exact) mass is 258 g/mol. The number of aromatic nitrogens is 2. The van der Waals surface area contributed by atoms with E-state index >= 15 is 0 Å². The molecule has 1 N–H and O–H groups in total. The number of nitrogens with zero attached hydrogens (tertiary/aromatic N) is 4. The molecule has 0 saturated heterocycles. The third kappa shape index (κ3) is 3.48. The topological polar surface area (TPSA) is 64.2 Å². The predicted molar refractivity (Wildman–Crippen MR) is 72.3 cm³/mol. The first-order valence-electron chi connectivity index (χ1n) is 5.81. The maximum atomic E-state index is 4.97. The predicted octanol–water partition coefficient (Wildman–Crippen LogP) is 2.39. The number of hydrogen-bond donors (Lipinski definition) is 0. The number of benzene rings is 1. The molecule has 1 heterocycles. The minimum atomic E-state index is 0.498. The van der Waals surface area contributed by atoms with E-state index in [9.17, 15) is 0 Å². The van der Waals surface area contributed by atoms with Crippen LogP contribution < -0.4 is 14.7 Å². The first kappa shape index (κ1) is 12.9. The number of ether oxygens (including phenoxy) is 1. The molecule has 0 bridgehead atoms. The van der Waals surface area contributed by atoms with Gasteiger partial charge in [0.15, 0.2) is 0 Å². The lowest BCUT2D eigenvalue weighted by atomic mass is 10.3. The summed E-state index contributed by atoms with van der Waals surface area (Å²) in [7, 11) is 5.56. The Morgan fingerprint density at radius 1 is 1.05 bits per heavy atom. The highest BCUT2D eigenvalue weighted by Gasteiger charge is 2.02. The van der Waals surface area contributed by atoms with Crippen molar-refractivity contribution in [2.45, 2.75) is 0 Å². The van der Waals surface area contributed by atoms with Crippen LogP contribution >= 0.6 is 0 Å². The van der Waals surface area contributed by atoms with Crippen molar-refractivity contribution in [2.75, 3.05) is 26.1 Å². The van der Waals surface area contributed by atoms with Crippen LogP contribution in [0, 0.1) is 0 Å². The molecule has 2 rings (SSSR count). The van der Waals surface area contributed by atoms with Gasteiger partial charge in [-0.15, -0.1) is 10.2 Å². The molecule has 98 valence electrons. The van der Waals surface area contributed by atoms with Crippen molar-refractivity contribution in [2.24, 2.45) is 10.2 Å². The molecule has 1 aromatic heterocycles. The summed E-state index contributed by atoms with van der Waals surface area (Å²) < 4.78 is 4.97. The Morgan fingerprint density at radius 3 is 2.32 bits per heavy atom. The van der Waals surface area contributed by atoms with E-state index in [1.54, 1.807) is 19.2 Å². The summed E-state index contributed by atoms with van der Waals surface area (Å²) in [5.74, 6) is 1.08. The van der Waals surface area contributed by atoms with E-state index in [4.69, 9.17) is 4.74 Å². The van der Waals surface area contributed by atoms with Crippen LogP contribution in [0.25, 0.3) is 0 Å². The molecular weight excluding hydrogens is 242 g/mol. The lowest BCUT2D eigenvalue weighted by Gasteiger charge is -2.11. The van der Waals surface area contributed by atoms with E-state index in [0.29, 0.717) is 11.7 Å². The molecule has 0 unspecified atom stereocenters. The summed E-state index contributed by atoms with van der Waals surface area (Å²) in [6.45, 7) is 0. The second kappa shape index (κ2) is 5.90. The number of azo groups is 1. The summed E-state index contributed by atoms with van der Waals surface area (Å²) in [6.07, 6.45) is 0. The molecule has 0 spiro atoms. The third-order valence-electron chi connectivity index (χ3n) is 2.52. The number of rotatable bonds is 4. The molecule has 0 radical (unpaired) electrons. The fourth-order valence-corrected chi connectivity index (χ4v) is 1.43. The van der Waals surface area contributed by atoms with Gasteiger partial charge in [0.05, 0.1) is 18.9 Å². The van der Waals surface area contributed by atoms with Crippen LogP contribution in [0.1, 0.15) is 0 Å². The fraction of sp³-hybridized carbons (Fsp3) is 0.231. The average Bonchev–Trinajstić information content (AvgIpc) is 2.46. The molecule has 0 aliphatic rings. The third-order valence-corrected chi connectivity index (χ3v) is 2.52. The minimum Gasteiger partial charge on any atom is -0.446 e. The number of H-pyrrole nitrogens is 1. The van der Waals surface area contributed by atoms with E-state index in [-0.39, 0.29) is 0 Å². The zero-order chi connectivity index (χ0) is 13.7. The van der Waals surface area contributed by atoms with Crippen molar-refractivity contribution in [1.82, 2.24) is 5.10 Å². The van der Waals surface area contributed by atoms with Crippen molar-refractivity contribution < 1.29 is 9.84 Å². The second-order valence-corrected chi connectivity index (χ2v) is 4.09. The van der Waals surface area contributed by atoms with Gasteiger partial charge in [-0.1, -0.05) is 5.10 Å². The Kier molecular flexibility index (Phi) is 4.02. The summed E-state index contributed by atoms with van der Waals surface area (Å²) >= 11 is 0. The molecule has 2 aromatic rings. The van der Waals surface area contributed by atoms with Gasteiger partial charge in [0.2, 0.25) is 5.82 Å². The molecule has 6 heteroatoms. The van der Waals surface area contributed by atoms with Crippen LogP contribution in [0.4, 0.5) is 17.2 Å². The smallest absolute Gasteiger partial charge is 0.391 e. The van der Waals surface area contributed by atoms with E-state index in [0.717, 1.165) is 11.4 Å². The average molecular weight is 258 g/mol. The molecule has 1 aromatic carbocycles. The van der Waals surface area contributed by atoms with Gasteiger partial charge in [-0.25, -0.2) is 0 Å². The van der Waals surface area contributed by atoms with Crippen LogP contribution in [-0.4, -0.2) is 26.3 Å². The number of hydrogen-bond acceptors (Lipinski definition) is 5. The van der Waals surface area contributed by atoms with Gasteiger partial charge in [-0.3, -0.25) is 0 Å². The number of aromatic amines is 1. The number of methoxy groups -OCH3 is 1. The molecule has 0 atom stereocenters. The molecular formula is C13H16N5O+. The number of nitrogens with one attached hydrogen (secondary N) is 1. The minimum absolute atomic E-state index is 0.498. The molecule has 0 fully saturated rings. The zero-order valence-corrected chi connectivity index (χ0v) is 11.2. The number of anilines is 1. The standard InChI is InChI=1S/C13H15N5O/c1-18(2)11-6-4-10(5-7-11)14-15-12-8-9-13(19-3)17-16-12/h4-9H,1-3H3/p+1. The highest BCUT2D eigenvalue weighted by Crippen LogP contribution is 2.20. The largest absolute Gasteiger partial charge is 0.446 e. The van der Waals surface area contributed by atoms with Gasteiger partial charge in [0.1, 0.15) is 0 Å². The molecule has 19 heavy (non-hydrogen) atoms. The van der Waals surface area contributed by atoms with Crippen molar-refractivity contribution in [3.63, 3.8) is 0 Å². The Labute approximate surface area is 111 Å². The van der Waals surface area contributed by atoms with E-state index < -0.39 is 0 Å². The lowest BCUT2D eigenvalue weighted by molar-refractivity contribution is -0.464. The van der Waals surface area contributed by atoms with Crippen molar-refractivity contribution in [1.29, 1.82) is 0 Å². The first-order chi connectivity index (χ1) is 9.19. The first-order valence-corrected chi connectivity index (χ1v) is 5.81. The Balaban J connectivity index is 2.08. The van der Waals surface area contributed by atoms with Crippen LogP contribution in [0.5, 0.6) is 5.88 Å². The fourth-order valence-electron chi connectivity index (χ4n) is 1.43. The lowest BCUT2D eigenvalue weighted by Crippen LogP contribution is -2.10. The van der Waals surface area contributed by atoms with Gasteiger partial charge in [0, 0.05) is 30.9 Å². The van der Waals surface area contributed by atoms with E-state index in [1.807, 2.05) is 43.3 Å². The van der Waals surface area contributed by atoms with Crippen molar-refractivity contribution in [3.05, 3.63) is 36.4 Å². The van der Waals surface area contributed by atoms with Crippen molar-refractivity contribution >= 4 is 17.2 Å². The molecule has 0 amide bonds. The Bertz CT molecular complexity index is 548. The normalized spacial score (nSPS) is 10.7. The van der Waals surface area contributed by atoms with Crippen LogP contribution in [-0.2, 0) is 0 Å². The quantitative estimate of drug-likeness (QED) is 0.791. The maximum Gasteiger partial charge on any atom is 0.391 e. The molecule has 0 aliphatic carbocycles. The maximum absolute atomic E-state index is 4.97. The zero-order valence-electron chi connectivity index (χ0n) is 11.2. The highest BCUT2D eigenvalue weighted by atomic mass is 16.5. The molecule has 6 nitrogen and oxygen atoms in total. The van der Waals surface area contributed by atoms with E-state index in [1.165, 1.54) is 0 Å². The van der Waals surface area contributed by atoms with Gasteiger partial charge in [-0.2, -0.15) is 0 Å². The summed E-state index contributed by atoms with van der Waals surface area (Å²) in [4.78, 5) is 2.03. The van der Waals surface area contributed by atoms with Crippen LogP contribution in [0.3, 0.4) is 0 Å². The summed E-state index contributed by atoms with van der Waals surface area (Å²) in [5.41, 5.74) is 1.90. The summed E-state index contributed by atoms with van der Waals surface area (Å²) in [6, 6.07) is 11.3. The van der Waals surface area contributed by atoms with Crippen LogP contribution in [0.2, 0.25) is 0 Å². The Morgan fingerprint density at radius 2 is 1.79 bits per heavy atom. The Hall–Kier alpha value is -2.50. The SMILES string of the molecule is COc1ccc(N=Nc2ccc(N(C)C)cc2)n[nH+]1.